The van der Waals surface area contributed by atoms with Gasteiger partial charge < -0.3 is 15.2 Å². The first-order chi connectivity index (χ1) is 9.78. The number of carboxylic acids is 1. The molecule has 6 heteroatoms. The number of benzene rings is 1. The molecule has 116 valence electrons. The number of nitrogens with one attached hydrogen (secondary N) is 1. The van der Waals surface area contributed by atoms with Gasteiger partial charge in [-0.2, -0.15) is 0 Å². The number of aliphatic carboxylic acids is 1. The fourth-order valence-electron chi connectivity index (χ4n) is 1.56. The third-order valence-corrected chi connectivity index (χ3v) is 4.04. The highest BCUT2D eigenvalue weighted by atomic mass is 79.9. The Morgan fingerprint density at radius 3 is 2.62 bits per heavy atom. The lowest BCUT2D eigenvalue weighted by molar-refractivity contribution is -0.148. The van der Waals surface area contributed by atoms with Crippen LogP contribution in [0.25, 0.3) is 0 Å². The molecule has 0 spiro atoms. The number of carbonyl (C=O) groups is 2. The summed E-state index contributed by atoms with van der Waals surface area (Å²) in [5.41, 5.74) is 0.124. The number of rotatable bonds is 7. The Morgan fingerprint density at radius 2 is 2.10 bits per heavy atom. The molecule has 2 N–H and O–H groups in total. The van der Waals surface area contributed by atoms with E-state index in [0.29, 0.717) is 12.2 Å². The number of aryl methyl sites for hydroxylation is 1. The van der Waals surface area contributed by atoms with Gasteiger partial charge in [-0.1, -0.05) is 13.0 Å². The van der Waals surface area contributed by atoms with Crippen LogP contribution >= 0.6 is 15.9 Å². The van der Waals surface area contributed by atoms with E-state index < -0.39 is 11.4 Å². The summed E-state index contributed by atoms with van der Waals surface area (Å²) in [5, 5.41) is 11.7. The molecule has 0 fully saturated rings. The summed E-state index contributed by atoms with van der Waals surface area (Å²) in [6.07, 6.45) is 0.437. The zero-order chi connectivity index (χ0) is 16.0. The summed E-state index contributed by atoms with van der Waals surface area (Å²) in [6, 6.07) is 5.56. The SMILES string of the molecule is CCC(C)(CNC(=O)COc1ccc(C)cc1Br)C(=O)O. The zero-order valence-electron chi connectivity index (χ0n) is 12.4. The van der Waals surface area contributed by atoms with Crippen molar-refractivity contribution in [2.24, 2.45) is 5.41 Å². The van der Waals surface area contributed by atoms with Crippen molar-refractivity contribution in [3.63, 3.8) is 0 Å². The number of ether oxygens (including phenoxy) is 1. The first-order valence-corrected chi connectivity index (χ1v) is 7.47. The lowest BCUT2D eigenvalue weighted by atomic mass is 9.88. The van der Waals surface area contributed by atoms with E-state index in [1.54, 1.807) is 19.9 Å². The molecule has 0 aromatic heterocycles. The van der Waals surface area contributed by atoms with Gasteiger partial charge in [0, 0.05) is 6.54 Å². The monoisotopic (exact) mass is 357 g/mol. The lowest BCUT2D eigenvalue weighted by Gasteiger charge is -2.23. The third kappa shape index (κ3) is 5.04. The summed E-state index contributed by atoms with van der Waals surface area (Å²) in [5.74, 6) is -0.692. The Morgan fingerprint density at radius 1 is 1.43 bits per heavy atom. The molecule has 0 heterocycles. The predicted octanol–water partition coefficient (Wildman–Crippen LogP) is 2.75. The fraction of sp³-hybridized carbons (Fsp3) is 0.467. The van der Waals surface area contributed by atoms with Gasteiger partial charge in [-0.3, -0.25) is 9.59 Å². The molecule has 0 aliphatic heterocycles. The predicted molar refractivity (Wildman–Crippen MR) is 83.4 cm³/mol. The van der Waals surface area contributed by atoms with E-state index in [2.05, 4.69) is 21.2 Å². The minimum absolute atomic E-state index is 0.0795. The van der Waals surface area contributed by atoms with Crippen LogP contribution in [-0.2, 0) is 9.59 Å². The van der Waals surface area contributed by atoms with Gasteiger partial charge in [-0.05, 0) is 53.9 Å². The normalized spacial score (nSPS) is 13.3. The van der Waals surface area contributed by atoms with Crippen LogP contribution in [0.2, 0.25) is 0 Å². The summed E-state index contributed by atoms with van der Waals surface area (Å²) in [7, 11) is 0. The largest absolute Gasteiger partial charge is 0.483 e. The third-order valence-electron chi connectivity index (χ3n) is 3.42. The molecule has 0 radical (unpaired) electrons. The molecule has 21 heavy (non-hydrogen) atoms. The standard InChI is InChI=1S/C15H20BrNO4/c1-4-15(3,14(19)20)9-17-13(18)8-21-12-6-5-10(2)7-11(12)16/h5-7H,4,8-9H2,1-3H3,(H,17,18)(H,19,20). The number of halogens is 1. The molecule has 0 saturated heterocycles. The Labute approximate surface area is 132 Å². The van der Waals surface area contributed by atoms with Crippen molar-refractivity contribution < 1.29 is 19.4 Å². The van der Waals surface area contributed by atoms with E-state index in [4.69, 9.17) is 9.84 Å². The van der Waals surface area contributed by atoms with Crippen LogP contribution in [0, 0.1) is 12.3 Å². The second kappa shape index (κ2) is 7.45. The molecule has 1 aromatic rings. The van der Waals surface area contributed by atoms with Crippen LogP contribution in [0.1, 0.15) is 25.8 Å². The second-order valence-corrected chi connectivity index (χ2v) is 6.07. The fourth-order valence-corrected chi connectivity index (χ4v) is 2.17. The zero-order valence-corrected chi connectivity index (χ0v) is 14.0. The van der Waals surface area contributed by atoms with Crippen molar-refractivity contribution in [2.75, 3.05) is 13.2 Å². The molecule has 1 aromatic carbocycles. The maximum Gasteiger partial charge on any atom is 0.311 e. The van der Waals surface area contributed by atoms with Crippen LogP contribution in [-0.4, -0.2) is 30.1 Å². The number of hydrogen-bond acceptors (Lipinski definition) is 3. The molecule has 1 unspecified atom stereocenters. The van der Waals surface area contributed by atoms with Crippen molar-refractivity contribution in [1.29, 1.82) is 0 Å². The Balaban J connectivity index is 2.49. The molecular weight excluding hydrogens is 338 g/mol. The van der Waals surface area contributed by atoms with Crippen LogP contribution < -0.4 is 10.1 Å². The minimum Gasteiger partial charge on any atom is -0.483 e. The van der Waals surface area contributed by atoms with Crippen LogP contribution in [0.5, 0.6) is 5.75 Å². The highest BCUT2D eigenvalue weighted by Crippen LogP contribution is 2.25. The van der Waals surface area contributed by atoms with E-state index in [1.807, 2.05) is 19.1 Å². The summed E-state index contributed by atoms with van der Waals surface area (Å²) >= 11 is 3.36. The van der Waals surface area contributed by atoms with Gasteiger partial charge in [0.1, 0.15) is 5.75 Å². The van der Waals surface area contributed by atoms with Crippen molar-refractivity contribution in [2.45, 2.75) is 27.2 Å². The van der Waals surface area contributed by atoms with E-state index in [0.717, 1.165) is 10.0 Å². The minimum atomic E-state index is -0.958. The number of carbonyl (C=O) groups excluding carboxylic acids is 1. The lowest BCUT2D eigenvalue weighted by Crippen LogP contribution is -2.42. The quantitative estimate of drug-likeness (QED) is 0.786. The highest BCUT2D eigenvalue weighted by molar-refractivity contribution is 9.10. The molecule has 0 saturated carbocycles. The average molecular weight is 358 g/mol. The van der Waals surface area contributed by atoms with E-state index in [1.165, 1.54) is 0 Å². The first kappa shape index (κ1) is 17.5. The molecule has 0 aliphatic rings. The van der Waals surface area contributed by atoms with Crippen molar-refractivity contribution in [3.8, 4) is 5.75 Å². The van der Waals surface area contributed by atoms with Gasteiger partial charge in [-0.15, -0.1) is 0 Å². The smallest absolute Gasteiger partial charge is 0.311 e. The summed E-state index contributed by atoms with van der Waals surface area (Å²) < 4.78 is 6.18. The maximum atomic E-state index is 11.7. The average Bonchev–Trinajstić information content (AvgIpc) is 2.43. The van der Waals surface area contributed by atoms with Gasteiger partial charge >= 0.3 is 5.97 Å². The van der Waals surface area contributed by atoms with E-state index in [9.17, 15) is 9.59 Å². The summed E-state index contributed by atoms with van der Waals surface area (Å²) in [6.45, 7) is 5.27. The molecular formula is C15H20BrNO4. The molecule has 0 bridgehead atoms. The van der Waals surface area contributed by atoms with Gasteiger partial charge in [0.25, 0.3) is 5.91 Å². The molecule has 1 amide bonds. The van der Waals surface area contributed by atoms with Gasteiger partial charge in [-0.25, -0.2) is 0 Å². The van der Waals surface area contributed by atoms with Gasteiger partial charge in [0.2, 0.25) is 0 Å². The maximum absolute atomic E-state index is 11.7. The van der Waals surface area contributed by atoms with Gasteiger partial charge in [0.15, 0.2) is 6.61 Å². The number of hydrogen-bond donors (Lipinski definition) is 2. The highest BCUT2D eigenvalue weighted by Gasteiger charge is 2.31. The van der Waals surface area contributed by atoms with Crippen LogP contribution in [0.15, 0.2) is 22.7 Å². The van der Waals surface area contributed by atoms with Crippen LogP contribution in [0.4, 0.5) is 0 Å². The topological polar surface area (TPSA) is 75.6 Å². The number of amides is 1. The number of carboxylic acid groups (broad SMARTS) is 1. The molecule has 1 rings (SSSR count). The second-order valence-electron chi connectivity index (χ2n) is 5.22. The molecule has 0 aliphatic carbocycles. The molecule has 1 atom stereocenters. The van der Waals surface area contributed by atoms with Crippen molar-refractivity contribution >= 4 is 27.8 Å². The Bertz CT molecular complexity index is 532. The van der Waals surface area contributed by atoms with Crippen LogP contribution in [0.3, 0.4) is 0 Å². The summed E-state index contributed by atoms with van der Waals surface area (Å²) in [4.78, 5) is 22.9. The van der Waals surface area contributed by atoms with Gasteiger partial charge in [0.05, 0.1) is 9.89 Å². The van der Waals surface area contributed by atoms with E-state index >= 15 is 0 Å². The molecule has 5 nitrogen and oxygen atoms in total. The van der Waals surface area contributed by atoms with Crippen molar-refractivity contribution in [3.05, 3.63) is 28.2 Å². The van der Waals surface area contributed by atoms with Crippen molar-refractivity contribution in [1.82, 2.24) is 5.32 Å². The Kier molecular flexibility index (Phi) is 6.20. The first-order valence-electron chi connectivity index (χ1n) is 6.67. The van der Waals surface area contributed by atoms with E-state index in [-0.39, 0.29) is 19.1 Å². The Hall–Kier alpha value is -1.56.